The van der Waals surface area contributed by atoms with E-state index in [1.807, 2.05) is 18.2 Å². The van der Waals surface area contributed by atoms with Crippen molar-refractivity contribution in [2.45, 2.75) is 26.5 Å². The molecular weight excluding hydrogens is 289 g/mol. The number of rotatable bonds is 6. The second kappa shape index (κ2) is 7.43. The molecule has 1 atom stereocenters. The Morgan fingerprint density at radius 2 is 2.05 bits per heavy atom. The van der Waals surface area contributed by atoms with E-state index in [2.05, 4.69) is 25.2 Å². The van der Waals surface area contributed by atoms with Gasteiger partial charge in [-0.15, -0.1) is 0 Å². The summed E-state index contributed by atoms with van der Waals surface area (Å²) in [5, 5.41) is 3.48. The highest BCUT2D eigenvalue weighted by Crippen LogP contribution is 2.21. The van der Waals surface area contributed by atoms with Gasteiger partial charge in [0, 0.05) is 6.04 Å². The molecule has 0 saturated heterocycles. The highest BCUT2D eigenvalue weighted by atomic mass is 35.5. The molecule has 0 saturated carbocycles. The lowest BCUT2D eigenvalue weighted by Crippen LogP contribution is -2.17. The lowest BCUT2D eigenvalue weighted by Gasteiger charge is -2.14. The monoisotopic (exact) mass is 307 g/mol. The van der Waals surface area contributed by atoms with Crippen LogP contribution in [0.5, 0.6) is 5.75 Å². The topological polar surface area (TPSA) is 21.3 Å². The largest absolute Gasteiger partial charge is 0.489 e. The second-order valence-corrected chi connectivity index (χ2v) is 5.30. The fourth-order valence-electron chi connectivity index (χ4n) is 2.09. The van der Waals surface area contributed by atoms with Gasteiger partial charge in [-0.05, 0) is 48.9 Å². The van der Waals surface area contributed by atoms with Gasteiger partial charge in [-0.1, -0.05) is 36.7 Å². The van der Waals surface area contributed by atoms with Crippen LogP contribution in [0, 0.1) is 5.82 Å². The normalized spacial score (nSPS) is 12.2. The summed E-state index contributed by atoms with van der Waals surface area (Å²) >= 11 is 5.66. The minimum atomic E-state index is -0.424. The SMILES string of the molecule is CCNC(C)c1cccc(OCc2ccc(Cl)c(F)c2)c1. The van der Waals surface area contributed by atoms with Crippen molar-refractivity contribution < 1.29 is 9.13 Å². The maximum absolute atomic E-state index is 13.4. The number of hydrogen-bond donors (Lipinski definition) is 1. The second-order valence-electron chi connectivity index (χ2n) is 4.89. The van der Waals surface area contributed by atoms with E-state index in [1.165, 1.54) is 6.07 Å². The van der Waals surface area contributed by atoms with Crippen LogP contribution < -0.4 is 10.1 Å². The molecule has 2 aromatic rings. The number of benzene rings is 2. The van der Waals surface area contributed by atoms with Gasteiger partial charge in [-0.25, -0.2) is 4.39 Å². The van der Waals surface area contributed by atoms with Crippen LogP contribution in [0.1, 0.15) is 31.0 Å². The lowest BCUT2D eigenvalue weighted by atomic mass is 10.1. The van der Waals surface area contributed by atoms with Gasteiger partial charge in [0.15, 0.2) is 0 Å². The van der Waals surface area contributed by atoms with E-state index in [0.717, 1.165) is 23.4 Å². The average molecular weight is 308 g/mol. The number of nitrogens with one attached hydrogen (secondary N) is 1. The molecule has 0 aromatic heterocycles. The quantitative estimate of drug-likeness (QED) is 0.833. The van der Waals surface area contributed by atoms with Crippen LogP contribution in [0.4, 0.5) is 4.39 Å². The van der Waals surface area contributed by atoms with Crippen molar-refractivity contribution in [3.8, 4) is 5.75 Å². The van der Waals surface area contributed by atoms with Gasteiger partial charge in [0.25, 0.3) is 0 Å². The van der Waals surface area contributed by atoms with Gasteiger partial charge in [0.2, 0.25) is 0 Å². The maximum Gasteiger partial charge on any atom is 0.142 e. The summed E-state index contributed by atoms with van der Waals surface area (Å²) in [4.78, 5) is 0. The Bertz CT molecular complexity index is 603. The molecule has 0 aliphatic carbocycles. The molecule has 0 fully saturated rings. The third-order valence-electron chi connectivity index (χ3n) is 3.26. The Morgan fingerprint density at radius 3 is 2.76 bits per heavy atom. The predicted molar refractivity (Wildman–Crippen MR) is 84.3 cm³/mol. The molecule has 1 N–H and O–H groups in total. The summed E-state index contributed by atoms with van der Waals surface area (Å²) in [6, 6.07) is 12.9. The molecule has 0 aliphatic heterocycles. The molecule has 0 aliphatic rings. The van der Waals surface area contributed by atoms with Crippen LogP contribution >= 0.6 is 11.6 Å². The van der Waals surface area contributed by atoms with Crippen molar-refractivity contribution in [1.29, 1.82) is 0 Å². The van der Waals surface area contributed by atoms with Crippen LogP contribution in [-0.4, -0.2) is 6.54 Å². The van der Waals surface area contributed by atoms with Gasteiger partial charge in [-0.2, -0.15) is 0 Å². The highest BCUT2D eigenvalue weighted by molar-refractivity contribution is 6.30. The van der Waals surface area contributed by atoms with Crippen LogP contribution in [0.3, 0.4) is 0 Å². The standard InChI is InChI=1S/C17H19ClFNO/c1-3-20-12(2)14-5-4-6-15(10-14)21-11-13-7-8-16(18)17(19)9-13/h4-10,12,20H,3,11H2,1-2H3. The number of hydrogen-bond acceptors (Lipinski definition) is 2. The van der Waals surface area contributed by atoms with Crippen molar-refractivity contribution >= 4 is 11.6 Å². The average Bonchev–Trinajstić information content (AvgIpc) is 2.49. The molecule has 0 heterocycles. The Labute approximate surface area is 129 Å². The third-order valence-corrected chi connectivity index (χ3v) is 3.56. The zero-order chi connectivity index (χ0) is 15.2. The maximum atomic E-state index is 13.4. The van der Waals surface area contributed by atoms with E-state index in [4.69, 9.17) is 16.3 Å². The number of ether oxygens (including phenoxy) is 1. The van der Waals surface area contributed by atoms with E-state index in [9.17, 15) is 4.39 Å². The smallest absolute Gasteiger partial charge is 0.142 e. The molecule has 0 bridgehead atoms. The van der Waals surface area contributed by atoms with Gasteiger partial charge in [0.05, 0.1) is 5.02 Å². The first-order valence-corrected chi connectivity index (χ1v) is 7.38. The molecule has 1 unspecified atom stereocenters. The first-order chi connectivity index (χ1) is 10.1. The summed E-state index contributed by atoms with van der Waals surface area (Å²) in [6.07, 6.45) is 0. The third kappa shape index (κ3) is 4.45. The van der Waals surface area contributed by atoms with Crippen molar-refractivity contribution in [3.05, 3.63) is 64.4 Å². The van der Waals surface area contributed by atoms with Gasteiger partial charge >= 0.3 is 0 Å². The van der Waals surface area contributed by atoms with Crippen LogP contribution in [0.25, 0.3) is 0 Å². The summed E-state index contributed by atoms with van der Waals surface area (Å²) in [5.41, 5.74) is 1.92. The minimum absolute atomic E-state index is 0.125. The molecular formula is C17H19ClFNO. The predicted octanol–water partition coefficient (Wildman–Crippen LogP) is 4.73. The van der Waals surface area contributed by atoms with E-state index < -0.39 is 5.82 Å². The fraction of sp³-hybridized carbons (Fsp3) is 0.294. The Kier molecular flexibility index (Phi) is 5.59. The van der Waals surface area contributed by atoms with Gasteiger partial charge in [0.1, 0.15) is 18.2 Å². The molecule has 2 aromatic carbocycles. The van der Waals surface area contributed by atoms with E-state index in [0.29, 0.717) is 6.61 Å². The Balaban J connectivity index is 2.02. The van der Waals surface area contributed by atoms with Crippen LogP contribution in [0.15, 0.2) is 42.5 Å². The molecule has 21 heavy (non-hydrogen) atoms. The fourth-order valence-corrected chi connectivity index (χ4v) is 2.21. The van der Waals surface area contributed by atoms with Crippen molar-refractivity contribution in [3.63, 3.8) is 0 Å². The van der Waals surface area contributed by atoms with Crippen molar-refractivity contribution in [2.24, 2.45) is 0 Å². The van der Waals surface area contributed by atoms with Crippen molar-refractivity contribution in [1.82, 2.24) is 5.32 Å². The Morgan fingerprint density at radius 1 is 1.24 bits per heavy atom. The summed E-state index contributed by atoms with van der Waals surface area (Å²) in [7, 11) is 0. The van der Waals surface area contributed by atoms with Crippen LogP contribution in [0.2, 0.25) is 5.02 Å². The first kappa shape index (κ1) is 15.8. The van der Waals surface area contributed by atoms with Crippen LogP contribution in [-0.2, 0) is 6.61 Å². The molecule has 2 nitrogen and oxygen atoms in total. The Hall–Kier alpha value is -1.58. The summed E-state index contributed by atoms with van der Waals surface area (Å²) in [5.74, 6) is 0.347. The highest BCUT2D eigenvalue weighted by Gasteiger charge is 2.06. The van der Waals surface area contributed by atoms with E-state index in [-0.39, 0.29) is 11.1 Å². The minimum Gasteiger partial charge on any atom is -0.489 e. The van der Waals surface area contributed by atoms with Crippen molar-refractivity contribution in [2.75, 3.05) is 6.54 Å². The lowest BCUT2D eigenvalue weighted by molar-refractivity contribution is 0.305. The molecule has 4 heteroatoms. The number of halogens is 2. The molecule has 0 amide bonds. The molecule has 0 spiro atoms. The molecule has 112 valence electrons. The summed E-state index contributed by atoms with van der Waals surface area (Å²) in [6.45, 7) is 5.41. The van der Waals surface area contributed by atoms with Gasteiger partial charge < -0.3 is 10.1 Å². The molecule has 0 radical (unpaired) electrons. The van der Waals surface area contributed by atoms with E-state index in [1.54, 1.807) is 12.1 Å². The zero-order valence-corrected chi connectivity index (χ0v) is 13.0. The van der Waals surface area contributed by atoms with Gasteiger partial charge in [-0.3, -0.25) is 0 Å². The zero-order valence-electron chi connectivity index (χ0n) is 12.2. The first-order valence-electron chi connectivity index (χ1n) is 7.00. The summed E-state index contributed by atoms with van der Waals surface area (Å²) < 4.78 is 19.1. The van der Waals surface area contributed by atoms with E-state index >= 15 is 0 Å². The molecule has 2 rings (SSSR count).